The zero-order valence-corrected chi connectivity index (χ0v) is 25.9. The van der Waals surface area contributed by atoms with Crippen LogP contribution in [0, 0.1) is 0 Å². The van der Waals surface area contributed by atoms with Crippen molar-refractivity contribution in [3.63, 3.8) is 0 Å². The van der Waals surface area contributed by atoms with E-state index in [-0.39, 0.29) is 11.8 Å². The van der Waals surface area contributed by atoms with Gasteiger partial charge in [-0.05, 0) is 79.4 Å². The van der Waals surface area contributed by atoms with E-state index in [2.05, 4.69) is 50.1 Å². The van der Waals surface area contributed by atoms with Crippen LogP contribution in [0.5, 0.6) is 0 Å². The minimum atomic E-state index is 0.0408. The van der Waals surface area contributed by atoms with Crippen LogP contribution in [0.25, 0.3) is 11.0 Å². The average Bonchev–Trinajstić information content (AvgIpc) is 3.40. The van der Waals surface area contributed by atoms with Gasteiger partial charge in [-0.1, -0.05) is 60.1 Å². The Morgan fingerprint density at radius 1 is 1.00 bits per heavy atom. The van der Waals surface area contributed by atoms with Gasteiger partial charge in [0.25, 0.3) is 5.91 Å². The molecule has 0 radical (unpaired) electrons. The molecule has 1 N–H and O–H groups in total. The number of piperidine rings is 1. The van der Waals surface area contributed by atoms with E-state index in [9.17, 15) is 4.79 Å². The molecule has 1 unspecified atom stereocenters. The Kier molecular flexibility index (Phi) is 9.54. The second-order valence-corrected chi connectivity index (χ2v) is 12.2. The summed E-state index contributed by atoms with van der Waals surface area (Å²) in [5.41, 5.74) is 5.16. The number of benzene rings is 3. The molecule has 0 bridgehead atoms. The summed E-state index contributed by atoms with van der Waals surface area (Å²) in [7, 11) is 1.89. The third-order valence-corrected chi connectivity index (χ3v) is 8.85. The van der Waals surface area contributed by atoms with E-state index in [1.165, 1.54) is 5.56 Å². The van der Waals surface area contributed by atoms with Crippen LogP contribution in [0.3, 0.4) is 0 Å². The standard InChI is InChI=1S/C36H39ClN6O/c1-41(35(44)28-10-3-2-4-11-28)26-30(29-12-7-13-31(37)23-29)16-20-42-21-17-32(18-22-42)39-36-40-33-14-5-6-15-34(33)43(36)25-27-9-8-19-38-24-27/h2-15,19,23-24,30,32H,16-18,20-22,25-26H2,1H3,(H,39,40). The zero-order valence-electron chi connectivity index (χ0n) is 25.1. The molecule has 1 atom stereocenters. The largest absolute Gasteiger partial charge is 0.353 e. The molecule has 1 aliphatic rings. The third-order valence-electron chi connectivity index (χ3n) is 8.61. The van der Waals surface area contributed by atoms with Crippen LogP contribution >= 0.6 is 11.6 Å². The van der Waals surface area contributed by atoms with E-state index in [0.29, 0.717) is 18.2 Å². The van der Waals surface area contributed by atoms with Crippen molar-refractivity contribution in [3.8, 4) is 0 Å². The quantitative estimate of drug-likeness (QED) is 0.176. The molecule has 0 spiro atoms. The van der Waals surface area contributed by atoms with Crippen molar-refractivity contribution in [2.75, 3.05) is 38.5 Å². The first-order valence-electron chi connectivity index (χ1n) is 15.4. The number of nitrogens with one attached hydrogen (secondary N) is 1. The number of likely N-dealkylation sites (tertiary alicyclic amines) is 1. The number of imidazole rings is 1. The van der Waals surface area contributed by atoms with E-state index >= 15 is 0 Å². The lowest BCUT2D eigenvalue weighted by molar-refractivity contribution is 0.0782. The molecule has 44 heavy (non-hydrogen) atoms. The number of hydrogen-bond donors (Lipinski definition) is 1. The smallest absolute Gasteiger partial charge is 0.253 e. The lowest BCUT2D eigenvalue weighted by Crippen LogP contribution is -2.40. The van der Waals surface area contributed by atoms with E-state index in [0.717, 1.165) is 73.0 Å². The number of fused-ring (bicyclic) bond motifs is 1. The number of rotatable bonds is 11. The molecule has 0 aliphatic carbocycles. The summed E-state index contributed by atoms with van der Waals surface area (Å²) in [6.45, 7) is 4.36. The molecule has 1 aliphatic heterocycles. The molecule has 1 fully saturated rings. The molecule has 7 nitrogen and oxygen atoms in total. The molecule has 3 heterocycles. The maximum absolute atomic E-state index is 13.1. The molecule has 1 amide bonds. The Bertz CT molecular complexity index is 1670. The average molecular weight is 607 g/mol. The molecule has 2 aromatic heterocycles. The van der Waals surface area contributed by atoms with Crippen molar-refractivity contribution in [1.29, 1.82) is 0 Å². The van der Waals surface area contributed by atoms with Gasteiger partial charge in [-0.15, -0.1) is 0 Å². The molecule has 8 heteroatoms. The van der Waals surface area contributed by atoms with Crippen molar-refractivity contribution in [2.24, 2.45) is 0 Å². The second kappa shape index (κ2) is 14.1. The summed E-state index contributed by atoms with van der Waals surface area (Å²) in [6, 6.07) is 30.3. The van der Waals surface area contributed by atoms with Crippen molar-refractivity contribution < 1.29 is 4.79 Å². The Morgan fingerprint density at radius 3 is 2.57 bits per heavy atom. The number of amides is 1. The molecule has 0 saturated carbocycles. The highest BCUT2D eigenvalue weighted by atomic mass is 35.5. The van der Waals surface area contributed by atoms with Crippen LogP contribution in [-0.2, 0) is 6.54 Å². The summed E-state index contributed by atoms with van der Waals surface area (Å²) in [5, 5.41) is 4.50. The maximum Gasteiger partial charge on any atom is 0.253 e. The molecular formula is C36H39ClN6O. The molecular weight excluding hydrogens is 568 g/mol. The summed E-state index contributed by atoms with van der Waals surface area (Å²) >= 11 is 6.39. The van der Waals surface area contributed by atoms with Crippen LogP contribution in [-0.4, -0.2) is 69.5 Å². The fourth-order valence-corrected chi connectivity index (χ4v) is 6.38. The molecule has 226 valence electrons. The van der Waals surface area contributed by atoms with Gasteiger partial charge in [-0.3, -0.25) is 9.78 Å². The van der Waals surface area contributed by atoms with E-state index in [1.807, 2.05) is 85.0 Å². The Balaban J connectivity index is 1.08. The van der Waals surface area contributed by atoms with Crippen molar-refractivity contribution in [1.82, 2.24) is 24.3 Å². The Hall–Kier alpha value is -4.20. The first-order valence-corrected chi connectivity index (χ1v) is 15.8. The van der Waals surface area contributed by atoms with Gasteiger partial charge < -0.3 is 19.7 Å². The molecule has 3 aromatic carbocycles. The summed E-state index contributed by atoms with van der Waals surface area (Å²) < 4.78 is 2.27. The Labute approximate surface area is 264 Å². The highest BCUT2D eigenvalue weighted by Crippen LogP contribution is 2.27. The zero-order chi connectivity index (χ0) is 30.3. The number of aromatic nitrogens is 3. The normalized spacial score (nSPS) is 14.9. The number of carbonyl (C=O) groups excluding carboxylic acids is 1. The Morgan fingerprint density at radius 2 is 1.80 bits per heavy atom. The minimum Gasteiger partial charge on any atom is -0.353 e. The van der Waals surface area contributed by atoms with Crippen LogP contribution in [0.15, 0.2) is 103 Å². The van der Waals surface area contributed by atoms with Crippen molar-refractivity contribution >= 4 is 34.5 Å². The highest BCUT2D eigenvalue weighted by Gasteiger charge is 2.24. The fraction of sp³-hybridized carbons (Fsp3) is 0.306. The number of halogens is 1. The highest BCUT2D eigenvalue weighted by molar-refractivity contribution is 6.30. The maximum atomic E-state index is 13.1. The van der Waals surface area contributed by atoms with Crippen LogP contribution in [0.2, 0.25) is 5.02 Å². The predicted octanol–water partition coefficient (Wildman–Crippen LogP) is 6.96. The number of likely N-dealkylation sites (N-methyl/N-ethyl adjacent to an activating group) is 1. The van der Waals surface area contributed by atoms with Gasteiger partial charge in [-0.25, -0.2) is 4.98 Å². The summed E-state index contributed by atoms with van der Waals surface area (Å²) in [4.78, 5) is 26.8. The lowest BCUT2D eigenvalue weighted by Gasteiger charge is -2.34. The van der Waals surface area contributed by atoms with E-state index < -0.39 is 0 Å². The van der Waals surface area contributed by atoms with Crippen LogP contribution in [0.4, 0.5) is 5.95 Å². The van der Waals surface area contributed by atoms with Gasteiger partial charge in [0.2, 0.25) is 5.95 Å². The minimum absolute atomic E-state index is 0.0408. The van der Waals surface area contributed by atoms with Crippen LogP contribution < -0.4 is 5.32 Å². The van der Waals surface area contributed by atoms with Gasteiger partial charge in [0.15, 0.2) is 0 Å². The number of carbonyl (C=O) groups is 1. The second-order valence-electron chi connectivity index (χ2n) is 11.7. The summed E-state index contributed by atoms with van der Waals surface area (Å²) in [6.07, 6.45) is 6.77. The first kappa shape index (κ1) is 29.9. The number of nitrogens with zero attached hydrogens (tertiary/aromatic N) is 5. The number of para-hydroxylation sites is 2. The van der Waals surface area contributed by atoms with E-state index in [4.69, 9.17) is 16.6 Å². The summed E-state index contributed by atoms with van der Waals surface area (Å²) in [5.74, 6) is 1.15. The van der Waals surface area contributed by atoms with Gasteiger partial charge >= 0.3 is 0 Å². The van der Waals surface area contributed by atoms with Crippen LogP contribution in [0.1, 0.15) is 46.7 Å². The van der Waals surface area contributed by atoms with Gasteiger partial charge in [0.05, 0.1) is 17.6 Å². The number of hydrogen-bond acceptors (Lipinski definition) is 5. The van der Waals surface area contributed by atoms with E-state index in [1.54, 1.807) is 0 Å². The first-order chi connectivity index (χ1) is 21.5. The molecule has 1 saturated heterocycles. The SMILES string of the molecule is CN(CC(CCN1CCC(Nc2nc3ccccc3n2Cc2cccnc2)CC1)c1cccc(Cl)c1)C(=O)c1ccccc1. The topological polar surface area (TPSA) is 66.3 Å². The van der Waals surface area contributed by atoms with Crippen molar-refractivity contribution in [3.05, 3.63) is 125 Å². The number of anilines is 1. The predicted molar refractivity (Wildman–Crippen MR) is 178 cm³/mol. The van der Waals surface area contributed by atoms with Gasteiger partial charge in [0.1, 0.15) is 0 Å². The monoisotopic (exact) mass is 606 g/mol. The van der Waals surface area contributed by atoms with Gasteiger partial charge in [0, 0.05) is 61.6 Å². The fourth-order valence-electron chi connectivity index (χ4n) is 6.18. The molecule has 6 rings (SSSR count). The lowest BCUT2D eigenvalue weighted by atomic mass is 9.94. The van der Waals surface area contributed by atoms with Crippen molar-refractivity contribution in [2.45, 2.75) is 37.8 Å². The number of pyridine rings is 1. The van der Waals surface area contributed by atoms with Gasteiger partial charge in [-0.2, -0.15) is 0 Å². The third kappa shape index (κ3) is 7.29. The molecule has 5 aromatic rings.